The number of rotatable bonds is 3. The molecule has 3 nitrogen and oxygen atoms in total. The molecule has 0 unspecified atom stereocenters. The number of aromatic nitrogens is 1. The summed E-state index contributed by atoms with van der Waals surface area (Å²) in [5.74, 6) is 0.00294. The number of nitrogen functional groups attached to an aromatic ring is 1. The molecule has 1 aromatic carbocycles. The predicted molar refractivity (Wildman–Crippen MR) is 84.7 cm³/mol. The van der Waals surface area contributed by atoms with Crippen LogP contribution < -0.4 is 5.73 Å². The summed E-state index contributed by atoms with van der Waals surface area (Å²) in [4.78, 5) is 16.7. The lowest BCUT2D eigenvalue weighted by molar-refractivity contribution is 0.0993. The standard InChI is InChI=1S/C15H17ClN2OS/c1-15(2,3)13-8-20-14(18-13)7-12(19)9-4-5-10(16)11(17)6-9/h4-6,8H,7,17H2,1-3H3. The van der Waals surface area contributed by atoms with Gasteiger partial charge in [-0.05, 0) is 18.2 Å². The molecule has 1 aromatic heterocycles. The van der Waals surface area contributed by atoms with Gasteiger partial charge in [-0.25, -0.2) is 4.98 Å². The smallest absolute Gasteiger partial charge is 0.169 e. The van der Waals surface area contributed by atoms with Crippen molar-refractivity contribution >= 4 is 34.4 Å². The van der Waals surface area contributed by atoms with Crippen LogP contribution in [0.2, 0.25) is 5.02 Å². The highest BCUT2D eigenvalue weighted by molar-refractivity contribution is 7.09. The summed E-state index contributed by atoms with van der Waals surface area (Å²) in [7, 11) is 0. The summed E-state index contributed by atoms with van der Waals surface area (Å²) >= 11 is 7.37. The van der Waals surface area contributed by atoms with E-state index in [1.807, 2.05) is 5.38 Å². The number of anilines is 1. The van der Waals surface area contributed by atoms with Crippen LogP contribution in [0.4, 0.5) is 5.69 Å². The van der Waals surface area contributed by atoms with Gasteiger partial charge in [0.25, 0.3) is 0 Å². The summed E-state index contributed by atoms with van der Waals surface area (Å²) in [6.07, 6.45) is 0.293. The highest BCUT2D eigenvalue weighted by Crippen LogP contribution is 2.25. The molecule has 0 aliphatic carbocycles. The van der Waals surface area contributed by atoms with Crippen LogP contribution in [0.15, 0.2) is 23.6 Å². The van der Waals surface area contributed by atoms with Gasteiger partial charge < -0.3 is 5.73 Å². The zero-order valence-corrected chi connectivity index (χ0v) is 13.3. The van der Waals surface area contributed by atoms with E-state index in [1.165, 1.54) is 11.3 Å². The largest absolute Gasteiger partial charge is 0.398 e. The number of benzene rings is 1. The van der Waals surface area contributed by atoms with Gasteiger partial charge in [0, 0.05) is 16.4 Å². The van der Waals surface area contributed by atoms with E-state index in [4.69, 9.17) is 17.3 Å². The predicted octanol–water partition coefficient (Wildman–Crippen LogP) is 4.10. The van der Waals surface area contributed by atoms with Crippen molar-refractivity contribution < 1.29 is 4.79 Å². The number of hydrogen-bond donors (Lipinski definition) is 1. The topological polar surface area (TPSA) is 56.0 Å². The molecule has 0 radical (unpaired) electrons. The third-order valence-corrected chi connectivity index (χ3v) is 4.14. The number of hydrogen-bond acceptors (Lipinski definition) is 4. The Bertz CT molecular complexity index is 644. The first-order valence-electron chi connectivity index (χ1n) is 6.30. The molecule has 0 fully saturated rings. The summed E-state index contributed by atoms with van der Waals surface area (Å²) in [6, 6.07) is 4.95. The molecule has 0 aliphatic rings. The van der Waals surface area contributed by atoms with Gasteiger partial charge in [0.15, 0.2) is 5.78 Å². The van der Waals surface area contributed by atoms with Gasteiger partial charge in [-0.1, -0.05) is 32.4 Å². The molecule has 0 amide bonds. The Morgan fingerprint density at radius 2 is 2.10 bits per heavy atom. The number of ketones is 1. The van der Waals surface area contributed by atoms with Gasteiger partial charge in [0.1, 0.15) is 5.01 Å². The highest BCUT2D eigenvalue weighted by atomic mass is 35.5. The minimum Gasteiger partial charge on any atom is -0.398 e. The van der Waals surface area contributed by atoms with Crippen LogP contribution in [0.1, 0.15) is 41.8 Å². The molecule has 20 heavy (non-hydrogen) atoms. The van der Waals surface area contributed by atoms with Crippen LogP contribution in [0.3, 0.4) is 0 Å². The van der Waals surface area contributed by atoms with Crippen molar-refractivity contribution in [2.24, 2.45) is 0 Å². The lowest BCUT2D eigenvalue weighted by atomic mass is 9.93. The monoisotopic (exact) mass is 308 g/mol. The fourth-order valence-corrected chi connectivity index (χ4v) is 2.83. The number of carbonyl (C=O) groups excluding carboxylic acids is 1. The fraction of sp³-hybridized carbons (Fsp3) is 0.333. The van der Waals surface area contributed by atoms with Crippen LogP contribution in [0.25, 0.3) is 0 Å². The maximum Gasteiger partial charge on any atom is 0.169 e. The Morgan fingerprint density at radius 1 is 1.40 bits per heavy atom. The minimum atomic E-state index is 0.00248. The van der Waals surface area contributed by atoms with Crippen molar-refractivity contribution in [3.63, 3.8) is 0 Å². The molecule has 0 saturated carbocycles. The van der Waals surface area contributed by atoms with Crippen molar-refractivity contribution in [2.45, 2.75) is 32.6 Å². The Balaban J connectivity index is 2.15. The van der Waals surface area contributed by atoms with Crippen LogP contribution in [0.5, 0.6) is 0 Å². The van der Waals surface area contributed by atoms with Crippen molar-refractivity contribution in [1.29, 1.82) is 0 Å². The second-order valence-corrected chi connectivity index (χ2v) is 7.06. The van der Waals surface area contributed by atoms with Crippen LogP contribution >= 0.6 is 22.9 Å². The first-order chi connectivity index (χ1) is 9.27. The average molecular weight is 309 g/mol. The first kappa shape index (κ1) is 15.0. The molecule has 0 saturated heterocycles. The Labute approximate surface area is 127 Å². The van der Waals surface area contributed by atoms with Crippen LogP contribution in [0, 0.1) is 0 Å². The van der Waals surface area contributed by atoms with E-state index in [0.29, 0.717) is 22.7 Å². The third-order valence-electron chi connectivity index (χ3n) is 2.95. The second kappa shape index (κ2) is 5.54. The van der Waals surface area contributed by atoms with Crippen molar-refractivity contribution in [3.8, 4) is 0 Å². The normalized spacial score (nSPS) is 11.6. The van der Waals surface area contributed by atoms with E-state index < -0.39 is 0 Å². The molecule has 106 valence electrons. The van der Waals surface area contributed by atoms with Gasteiger partial charge in [0.05, 0.1) is 22.8 Å². The quantitative estimate of drug-likeness (QED) is 0.686. The number of nitrogens with two attached hydrogens (primary N) is 1. The average Bonchev–Trinajstić information content (AvgIpc) is 2.81. The van der Waals surface area contributed by atoms with Crippen molar-refractivity contribution in [1.82, 2.24) is 4.98 Å². The maximum atomic E-state index is 12.2. The molecule has 5 heteroatoms. The fourth-order valence-electron chi connectivity index (χ4n) is 1.69. The molecule has 0 aliphatic heterocycles. The molecule has 2 N–H and O–H groups in total. The third kappa shape index (κ3) is 3.38. The Morgan fingerprint density at radius 3 is 2.65 bits per heavy atom. The summed E-state index contributed by atoms with van der Waals surface area (Å²) in [5, 5.41) is 3.30. The van der Waals surface area contributed by atoms with Gasteiger partial charge in [0.2, 0.25) is 0 Å². The van der Waals surface area contributed by atoms with Crippen molar-refractivity contribution in [2.75, 3.05) is 5.73 Å². The van der Waals surface area contributed by atoms with Crippen LogP contribution in [-0.4, -0.2) is 10.8 Å². The van der Waals surface area contributed by atoms with Gasteiger partial charge >= 0.3 is 0 Å². The molecule has 0 atom stereocenters. The zero-order chi connectivity index (χ0) is 14.9. The lowest BCUT2D eigenvalue weighted by Gasteiger charge is -2.14. The van der Waals surface area contributed by atoms with E-state index >= 15 is 0 Å². The summed E-state index contributed by atoms with van der Waals surface area (Å²) in [6.45, 7) is 6.31. The number of thiazole rings is 1. The van der Waals surface area contributed by atoms with E-state index in [1.54, 1.807) is 18.2 Å². The molecule has 2 aromatic rings. The molecule has 1 heterocycles. The maximum absolute atomic E-state index is 12.2. The molecule has 0 spiro atoms. The number of Topliss-reactive ketones (excluding diaryl/α,β-unsaturated/α-hetero) is 1. The Hall–Kier alpha value is -1.39. The summed E-state index contributed by atoms with van der Waals surface area (Å²) < 4.78 is 0. The van der Waals surface area contributed by atoms with Crippen molar-refractivity contribution in [3.05, 3.63) is 44.9 Å². The van der Waals surface area contributed by atoms with Gasteiger partial charge in [-0.3, -0.25) is 4.79 Å². The number of nitrogens with zero attached hydrogens (tertiary/aromatic N) is 1. The highest BCUT2D eigenvalue weighted by Gasteiger charge is 2.18. The van der Waals surface area contributed by atoms with Crippen LogP contribution in [-0.2, 0) is 11.8 Å². The minimum absolute atomic E-state index is 0.00248. The molecular weight excluding hydrogens is 292 g/mol. The molecule has 2 rings (SSSR count). The van der Waals surface area contributed by atoms with Gasteiger partial charge in [-0.2, -0.15) is 0 Å². The Kier molecular flexibility index (Phi) is 4.16. The number of halogens is 1. The molecule has 0 bridgehead atoms. The van der Waals surface area contributed by atoms with E-state index in [-0.39, 0.29) is 11.2 Å². The van der Waals surface area contributed by atoms with E-state index in [2.05, 4.69) is 25.8 Å². The number of carbonyl (C=O) groups is 1. The SMILES string of the molecule is CC(C)(C)c1csc(CC(=O)c2ccc(Cl)c(N)c2)n1. The lowest BCUT2D eigenvalue weighted by Crippen LogP contribution is -2.12. The second-order valence-electron chi connectivity index (χ2n) is 5.71. The zero-order valence-electron chi connectivity index (χ0n) is 11.7. The van der Waals surface area contributed by atoms with E-state index in [0.717, 1.165) is 10.7 Å². The summed E-state index contributed by atoms with van der Waals surface area (Å²) in [5.41, 5.74) is 7.73. The van der Waals surface area contributed by atoms with Gasteiger partial charge in [-0.15, -0.1) is 11.3 Å². The molecular formula is C15H17ClN2OS. The van der Waals surface area contributed by atoms with E-state index in [9.17, 15) is 4.79 Å². The first-order valence-corrected chi connectivity index (χ1v) is 7.56.